The fourth-order valence-electron chi connectivity index (χ4n) is 1.91. The van der Waals surface area contributed by atoms with Crippen LogP contribution in [0.5, 0.6) is 0 Å². The highest BCUT2D eigenvalue weighted by atomic mass is 35.5. The molecule has 1 heterocycles. The molecule has 0 aliphatic rings. The number of hydrogen-bond donors (Lipinski definition) is 3. The van der Waals surface area contributed by atoms with Gasteiger partial charge in [-0.3, -0.25) is 4.55 Å². The maximum atomic E-state index is 10.5. The number of rotatable bonds is 6. The van der Waals surface area contributed by atoms with Crippen LogP contribution in [-0.4, -0.2) is 36.8 Å². The number of H-pyrrole nitrogens is 1. The smallest absolute Gasteiger partial charge is 0.266 e. The van der Waals surface area contributed by atoms with Gasteiger partial charge < -0.3 is 10.3 Å². The molecule has 0 saturated carbocycles. The summed E-state index contributed by atoms with van der Waals surface area (Å²) < 4.78 is 29.6. The molecular formula is C12H15ClN2O3S. The Hall–Kier alpha value is -1.08. The van der Waals surface area contributed by atoms with Gasteiger partial charge in [0.05, 0.1) is 5.75 Å². The van der Waals surface area contributed by atoms with Gasteiger partial charge in [-0.15, -0.1) is 0 Å². The van der Waals surface area contributed by atoms with E-state index < -0.39 is 10.1 Å². The van der Waals surface area contributed by atoms with Crippen molar-refractivity contribution in [3.8, 4) is 0 Å². The second kappa shape index (κ2) is 5.92. The van der Waals surface area contributed by atoms with E-state index in [0.717, 1.165) is 22.9 Å². The molecule has 7 heteroatoms. The van der Waals surface area contributed by atoms with Crippen LogP contribution < -0.4 is 5.32 Å². The van der Waals surface area contributed by atoms with Gasteiger partial charge in [0.2, 0.25) is 0 Å². The zero-order chi connectivity index (χ0) is 13.9. The molecule has 19 heavy (non-hydrogen) atoms. The first-order chi connectivity index (χ1) is 8.96. The van der Waals surface area contributed by atoms with E-state index in [-0.39, 0.29) is 12.3 Å². The number of benzene rings is 1. The summed E-state index contributed by atoms with van der Waals surface area (Å²) in [6, 6.07) is 5.67. The van der Waals surface area contributed by atoms with Crippen LogP contribution in [0.3, 0.4) is 0 Å². The van der Waals surface area contributed by atoms with E-state index in [9.17, 15) is 8.42 Å². The van der Waals surface area contributed by atoms with Crippen molar-refractivity contribution in [3.63, 3.8) is 0 Å². The van der Waals surface area contributed by atoms with Gasteiger partial charge in [0.25, 0.3) is 10.1 Å². The van der Waals surface area contributed by atoms with Gasteiger partial charge in [0, 0.05) is 28.7 Å². The van der Waals surface area contributed by atoms with Crippen LogP contribution in [0.25, 0.3) is 10.9 Å². The highest BCUT2D eigenvalue weighted by molar-refractivity contribution is 7.85. The second-order valence-electron chi connectivity index (χ2n) is 4.29. The van der Waals surface area contributed by atoms with Crippen LogP contribution in [0.4, 0.5) is 0 Å². The summed E-state index contributed by atoms with van der Waals surface area (Å²) >= 11 is 5.90. The first kappa shape index (κ1) is 14.3. The molecule has 0 fully saturated rings. The fraction of sp³-hybridized carbons (Fsp3) is 0.333. The Bertz CT molecular complexity index is 667. The average molecular weight is 303 g/mol. The van der Waals surface area contributed by atoms with Gasteiger partial charge in [0.1, 0.15) is 0 Å². The van der Waals surface area contributed by atoms with Crippen LogP contribution in [0.15, 0.2) is 24.4 Å². The molecule has 5 nitrogen and oxygen atoms in total. The van der Waals surface area contributed by atoms with Gasteiger partial charge in [-0.05, 0) is 30.7 Å². The first-order valence-electron chi connectivity index (χ1n) is 5.87. The molecule has 0 bridgehead atoms. The predicted octanol–water partition coefficient (Wildman–Crippen LogP) is 1.84. The number of halogens is 1. The molecule has 0 unspecified atom stereocenters. The number of aromatic amines is 1. The predicted molar refractivity (Wildman–Crippen MR) is 76.3 cm³/mol. The van der Waals surface area contributed by atoms with Crippen LogP contribution in [-0.2, 0) is 16.5 Å². The van der Waals surface area contributed by atoms with Crippen molar-refractivity contribution in [2.45, 2.75) is 6.42 Å². The maximum Gasteiger partial charge on any atom is 0.266 e. The lowest BCUT2D eigenvalue weighted by Crippen LogP contribution is -2.24. The van der Waals surface area contributed by atoms with E-state index >= 15 is 0 Å². The summed E-state index contributed by atoms with van der Waals surface area (Å²) in [6.45, 7) is 0.887. The summed E-state index contributed by atoms with van der Waals surface area (Å²) in [5.74, 6) is -0.267. The minimum absolute atomic E-state index is 0.243. The Labute approximate surface area is 116 Å². The highest BCUT2D eigenvalue weighted by Gasteiger charge is 2.05. The topological polar surface area (TPSA) is 82.2 Å². The molecule has 0 amide bonds. The van der Waals surface area contributed by atoms with Crippen molar-refractivity contribution >= 4 is 32.6 Å². The highest BCUT2D eigenvalue weighted by Crippen LogP contribution is 2.22. The summed E-state index contributed by atoms with van der Waals surface area (Å²) in [5, 5.41) is 4.78. The van der Waals surface area contributed by atoms with Gasteiger partial charge in [-0.2, -0.15) is 8.42 Å². The number of fused-ring (bicyclic) bond motifs is 1. The standard InChI is InChI=1S/C12H15ClN2O3S/c13-10-1-2-11-9(8-15-12(11)7-10)3-4-14-5-6-19(16,17)18/h1-2,7-8,14-15H,3-6H2,(H,16,17,18). The van der Waals surface area contributed by atoms with Crippen molar-refractivity contribution in [3.05, 3.63) is 35.0 Å². The SMILES string of the molecule is O=S(=O)(O)CCNCCc1c[nH]c2cc(Cl)ccc12. The Morgan fingerprint density at radius 2 is 2.11 bits per heavy atom. The monoisotopic (exact) mass is 302 g/mol. The third-order valence-corrected chi connectivity index (χ3v) is 3.79. The lowest BCUT2D eigenvalue weighted by Gasteiger charge is -2.03. The Morgan fingerprint density at radius 1 is 1.32 bits per heavy atom. The summed E-state index contributed by atoms with van der Waals surface area (Å²) in [7, 11) is -3.88. The van der Waals surface area contributed by atoms with Crippen molar-refractivity contribution < 1.29 is 13.0 Å². The largest absolute Gasteiger partial charge is 0.361 e. The van der Waals surface area contributed by atoms with E-state index in [0.29, 0.717) is 11.6 Å². The van der Waals surface area contributed by atoms with Crippen molar-refractivity contribution in [1.82, 2.24) is 10.3 Å². The van der Waals surface area contributed by atoms with E-state index in [4.69, 9.17) is 16.2 Å². The Kier molecular flexibility index (Phi) is 4.46. The maximum absolute atomic E-state index is 10.5. The molecular weight excluding hydrogens is 288 g/mol. The van der Waals surface area contributed by atoms with Crippen molar-refractivity contribution in [1.29, 1.82) is 0 Å². The van der Waals surface area contributed by atoms with E-state index in [1.807, 2.05) is 24.4 Å². The molecule has 0 saturated heterocycles. The molecule has 0 aliphatic carbocycles. The molecule has 3 N–H and O–H groups in total. The number of hydrogen-bond acceptors (Lipinski definition) is 3. The number of nitrogens with one attached hydrogen (secondary N) is 2. The van der Waals surface area contributed by atoms with Gasteiger partial charge >= 0.3 is 0 Å². The van der Waals surface area contributed by atoms with E-state index in [1.165, 1.54) is 0 Å². The van der Waals surface area contributed by atoms with Crippen LogP contribution in [0, 0.1) is 0 Å². The first-order valence-corrected chi connectivity index (χ1v) is 7.86. The lowest BCUT2D eigenvalue weighted by molar-refractivity contribution is 0.480. The lowest BCUT2D eigenvalue weighted by atomic mass is 10.1. The fourth-order valence-corrected chi connectivity index (χ4v) is 2.49. The zero-order valence-electron chi connectivity index (χ0n) is 10.2. The van der Waals surface area contributed by atoms with Crippen molar-refractivity contribution in [2.24, 2.45) is 0 Å². The van der Waals surface area contributed by atoms with Crippen LogP contribution >= 0.6 is 11.6 Å². The molecule has 1 aromatic carbocycles. The van der Waals surface area contributed by atoms with E-state index in [2.05, 4.69) is 10.3 Å². The zero-order valence-corrected chi connectivity index (χ0v) is 11.8. The minimum atomic E-state index is -3.88. The Balaban J connectivity index is 1.88. The normalized spacial score (nSPS) is 12.1. The summed E-state index contributed by atoms with van der Waals surface area (Å²) in [5.41, 5.74) is 2.13. The number of aromatic nitrogens is 1. The molecule has 2 aromatic rings. The van der Waals surface area contributed by atoms with E-state index in [1.54, 1.807) is 0 Å². The summed E-state index contributed by atoms with van der Waals surface area (Å²) in [6.07, 6.45) is 2.69. The average Bonchev–Trinajstić information content (AvgIpc) is 2.69. The molecule has 2 rings (SSSR count). The third kappa shape index (κ3) is 4.21. The van der Waals surface area contributed by atoms with Crippen molar-refractivity contribution in [2.75, 3.05) is 18.8 Å². The second-order valence-corrected chi connectivity index (χ2v) is 6.30. The molecule has 104 valence electrons. The Morgan fingerprint density at radius 3 is 2.84 bits per heavy atom. The molecule has 1 aromatic heterocycles. The third-order valence-electron chi connectivity index (χ3n) is 2.84. The molecule has 0 radical (unpaired) electrons. The quantitative estimate of drug-likeness (QED) is 0.562. The van der Waals surface area contributed by atoms with Gasteiger partial charge in [-0.1, -0.05) is 17.7 Å². The van der Waals surface area contributed by atoms with Gasteiger partial charge in [-0.25, -0.2) is 0 Å². The van der Waals surface area contributed by atoms with Gasteiger partial charge in [0.15, 0.2) is 0 Å². The molecule has 0 spiro atoms. The van der Waals surface area contributed by atoms with Crippen LogP contribution in [0.2, 0.25) is 5.02 Å². The molecule has 0 atom stereocenters. The molecule has 0 aliphatic heterocycles. The summed E-state index contributed by atoms with van der Waals surface area (Å²) in [4.78, 5) is 3.15. The minimum Gasteiger partial charge on any atom is -0.361 e. The van der Waals surface area contributed by atoms with Crippen LogP contribution in [0.1, 0.15) is 5.56 Å².